The standard InChI is InChI=1S/C21H23FN4O2/c1-4-16-6-5-7-18(12-16)26-20(27)14-25-21(23-3)24-13-15(2)28-19-10-8-17(22)9-11-19/h1,5-12,15H,13-14H2,2-3H3,(H,26,27)(H2,23,24,25). The maximum absolute atomic E-state index is 12.9. The molecule has 7 heteroatoms. The molecule has 1 atom stereocenters. The van der Waals surface area contributed by atoms with Crippen molar-refractivity contribution < 1.29 is 13.9 Å². The molecule has 2 aromatic carbocycles. The van der Waals surface area contributed by atoms with E-state index in [0.29, 0.717) is 29.5 Å². The van der Waals surface area contributed by atoms with Crippen LogP contribution in [0.5, 0.6) is 5.75 Å². The number of carbonyl (C=O) groups excluding carboxylic acids is 1. The molecule has 0 aromatic heterocycles. The molecule has 2 aromatic rings. The lowest BCUT2D eigenvalue weighted by atomic mass is 10.2. The van der Waals surface area contributed by atoms with Gasteiger partial charge in [-0.1, -0.05) is 12.0 Å². The normalized spacial score (nSPS) is 11.9. The Balaban J connectivity index is 1.75. The number of terminal acetylenes is 1. The number of amides is 1. The lowest BCUT2D eigenvalue weighted by Gasteiger charge is -2.17. The minimum atomic E-state index is -0.313. The minimum absolute atomic E-state index is 0.0349. The average molecular weight is 382 g/mol. The second kappa shape index (κ2) is 10.6. The van der Waals surface area contributed by atoms with Crippen LogP contribution in [0.15, 0.2) is 53.5 Å². The molecule has 0 spiro atoms. The summed E-state index contributed by atoms with van der Waals surface area (Å²) in [6.45, 7) is 2.35. The van der Waals surface area contributed by atoms with E-state index in [1.165, 1.54) is 12.1 Å². The minimum Gasteiger partial charge on any atom is -0.489 e. The Bertz CT molecular complexity index is 859. The van der Waals surface area contributed by atoms with Gasteiger partial charge in [-0.15, -0.1) is 6.42 Å². The number of carbonyl (C=O) groups is 1. The van der Waals surface area contributed by atoms with E-state index in [4.69, 9.17) is 11.2 Å². The van der Waals surface area contributed by atoms with Crippen LogP contribution in [0.1, 0.15) is 12.5 Å². The highest BCUT2D eigenvalue weighted by atomic mass is 19.1. The highest BCUT2D eigenvalue weighted by Crippen LogP contribution is 2.12. The molecule has 0 aliphatic heterocycles. The third kappa shape index (κ3) is 7.00. The van der Waals surface area contributed by atoms with Crippen LogP contribution < -0.4 is 20.7 Å². The number of hydrogen-bond donors (Lipinski definition) is 3. The first-order valence-electron chi connectivity index (χ1n) is 8.73. The Labute approximate surface area is 164 Å². The van der Waals surface area contributed by atoms with Crippen LogP contribution in [-0.4, -0.2) is 38.1 Å². The van der Waals surface area contributed by atoms with Crippen LogP contribution in [0.3, 0.4) is 0 Å². The third-order valence-electron chi connectivity index (χ3n) is 3.66. The summed E-state index contributed by atoms with van der Waals surface area (Å²) in [7, 11) is 1.61. The van der Waals surface area contributed by atoms with Crippen molar-refractivity contribution in [1.82, 2.24) is 10.6 Å². The largest absolute Gasteiger partial charge is 0.489 e. The third-order valence-corrected chi connectivity index (χ3v) is 3.66. The summed E-state index contributed by atoms with van der Waals surface area (Å²) in [4.78, 5) is 16.1. The maximum Gasteiger partial charge on any atom is 0.243 e. The van der Waals surface area contributed by atoms with Gasteiger partial charge in [-0.2, -0.15) is 0 Å². The number of halogens is 1. The van der Waals surface area contributed by atoms with E-state index in [2.05, 4.69) is 26.9 Å². The highest BCUT2D eigenvalue weighted by Gasteiger charge is 2.08. The molecule has 0 radical (unpaired) electrons. The molecule has 0 saturated heterocycles. The predicted molar refractivity (Wildman–Crippen MR) is 109 cm³/mol. The topological polar surface area (TPSA) is 74.8 Å². The summed E-state index contributed by atoms with van der Waals surface area (Å²) in [5.41, 5.74) is 1.32. The van der Waals surface area contributed by atoms with Gasteiger partial charge in [-0.3, -0.25) is 9.79 Å². The zero-order valence-electron chi connectivity index (χ0n) is 15.8. The SMILES string of the molecule is C#Cc1cccc(NC(=O)CNC(=NC)NCC(C)Oc2ccc(F)cc2)c1. The van der Waals surface area contributed by atoms with E-state index in [1.807, 2.05) is 6.92 Å². The molecule has 0 aliphatic carbocycles. The van der Waals surface area contributed by atoms with Gasteiger partial charge in [-0.05, 0) is 49.4 Å². The molecule has 1 unspecified atom stereocenters. The van der Waals surface area contributed by atoms with Crippen molar-refractivity contribution in [3.05, 3.63) is 59.9 Å². The summed E-state index contributed by atoms with van der Waals surface area (Å²) in [5, 5.41) is 8.76. The molecule has 146 valence electrons. The highest BCUT2D eigenvalue weighted by molar-refractivity contribution is 5.95. The van der Waals surface area contributed by atoms with Crippen LogP contribution in [0.2, 0.25) is 0 Å². The van der Waals surface area contributed by atoms with Gasteiger partial charge in [0.1, 0.15) is 17.7 Å². The first-order valence-corrected chi connectivity index (χ1v) is 8.73. The number of guanidine groups is 1. The molecule has 2 rings (SSSR count). The van der Waals surface area contributed by atoms with E-state index in [-0.39, 0.29) is 24.4 Å². The van der Waals surface area contributed by atoms with Crippen molar-refractivity contribution in [1.29, 1.82) is 0 Å². The Morgan fingerprint density at radius 2 is 2.00 bits per heavy atom. The number of ether oxygens (including phenoxy) is 1. The molecule has 0 aliphatic rings. The molecule has 3 N–H and O–H groups in total. The zero-order chi connectivity index (χ0) is 20.4. The van der Waals surface area contributed by atoms with Crippen molar-refractivity contribution >= 4 is 17.6 Å². The number of nitrogens with one attached hydrogen (secondary N) is 3. The van der Waals surface area contributed by atoms with Gasteiger partial charge in [0.2, 0.25) is 5.91 Å². The smallest absolute Gasteiger partial charge is 0.243 e. The number of anilines is 1. The van der Waals surface area contributed by atoms with Crippen molar-refractivity contribution in [2.24, 2.45) is 4.99 Å². The quantitative estimate of drug-likeness (QED) is 0.391. The summed E-state index contributed by atoms with van der Waals surface area (Å²) < 4.78 is 18.6. The zero-order valence-corrected chi connectivity index (χ0v) is 15.8. The molecule has 0 saturated carbocycles. The first-order chi connectivity index (χ1) is 13.5. The monoisotopic (exact) mass is 382 g/mol. The van der Waals surface area contributed by atoms with E-state index >= 15 is 0 Å². The molecular weight excluding hydrogens is 359 g/mol. The first kappa shape index (κ1) is 20.8. The van der Waals surface area contributed by atoms with Crippen LogP contribution >= 0.6 is 0 Å². The Morgan fingerprint density at radius 1 is 1.25 bits per heavy atom. The summed E-state index contributed by atoms with van der Waals surface area (Å²) in [5.74, 6) is 3.02. The number of benzene rings is 2. The van der Waals surface area contributed by atoms with Gasteiger partial charge < -0.3 is 20.7 Å². The number of hydrogen-bond acceptors (Lipinski definition) is 3. The van der Waals surface area contributed by atoms with Gasteiger partial charge in [0.25, 0.3) is 0 Å². The molecule has 0 bridgehead atoms. The van der Waals surface area contributed by atoms with Crippen molar-refractivity contribution in [3.63, 3.8) is 0 Å². The molecule has 0 fully saturated rings. The van der Waals surface area contributed by atoms with E-state index < -0.39 is 0 Å². The fraction of sp³-hybridized carbons (Fsp3) is 0.238. The van der Waals surface area contributed by atoms with E-state index in [9.17, 15) is 9.18 Å². The van der Waals surface area contributed by atoms with Gasteiger partial charge >= 0.3 is 0 Å². The maximum atomic E-state index is 12.9. The lowest BCUT2D eigenvalue weighted by molar-refractivity contribution is -0.115. The average Bonchev–Trinajstić information content (AvgIpc) is 2.70. The fourth-order valence-electron chi connectivity index (χ4n) is 2.30. The molecule has 1 amide bonds. The van der Waals surface area contributed by atoms with Crippen molar-refractivity contribution in [2.45, 2.75) is 13.0 Å². The number of rotatable bonds is 7. The van der Waals surface area contributed by atoms with Gasteiger partial charge in [0, 0.05) is 18.3 Å². The van der Waals surface area contributed by atoms with Crippen LogP contribution in [0, 0.1) is 18.2 Å². The van der Waals surface area contributed by atoms with Crippen molar-refractivity contribution in [3.8, 4) is 18.1 Å². The van der Waals surface area contributed by atoms with E-state index in [1.54, 1.807) is 43.4 Å². The molecule has 0 heterocycles. The number of aliphatic imine (C=N–C) groups is 1. The molecular formula is C21H23FN4O2. The summed E-state index contributed by atoms with van der Waals surface area (Å²) in [6, 6.07) is 12.9. The van der Waals surface area contributed by atoms with Crippen LogP contribution in [-0.2, 0) is 4.79 Å². The lowest BCUT2D eigenvalue weighted by Crippen LogP contribution is -2.44. The Kier molecular flexibility index (Phi) is 7.85. The van der Waals surface area contributed by atoms with Crippen LogP contribution in [0.4, 0.5) is 10.1 Å². The summed E-state index contributed by atoms with van der Waals surface area (Å²) in [6.07, 6.45) is 5.16. The molecule has 6 nitrogen and oxygen atoms in total. The Hall–Kier alpha value is -3.53. The molecule has 28 heavy (non-hydrogen) atoms. The Morgan fingerprint density at radius 3 is 2.68 bits per heavy atom. The van der Waals surface area contributed by atoms with Gasteiger partial charge in [-0.25, -0.2) is 4.39 Å². The van der Waals surface area contributed by atoms with Gasteiger partial charge in [0.15, 0.2) is 5.96 Å². The summed E-state index contributed by atoms with van der Waals surface area (Å²) >= 11 is 0. The second-order valence-corrected chi connectivity index (χ2v) is 5.96. The fourth-order valence-corrected chi connectivity index (χ4v) is 2.30. The van der Waals surface area contributed by atoms with E-state index in [0.717, 1.165) is 0 Å². The predicted octanol–water partition coefficient (Wildman–Crippen LogP) is 2.38. The second-order valence-electron chi connectivity index (χ2n) is 5.96. The van der Waals surface area contributed by atoms with Crippen molar-refractivity contribution in [2.75, 3.05) is 25.5 Å². The number of nitrogens with zero attached hydrogens (tertiary/aromatic N) is 1. The van der Waals surface area contributed by atoms with Gasteiger partial charge in [0.05, 0.1) is 13.1 Å². The van der Waals surface area contributed by atoms with Crippen LogP contribution in [0.25, 0.3) is 0 Å².